The van der Waals surface area contributed by atoms with E-state index in [9.17, 15) is 14.4 Å². The highest BCUT2D eigenvalue weighted by atomic mass is 35.5. The van der Waals surface area contributed by atoms with Crippen LogP contribution >= 0.6 is 35.8 Å². The molecule has 1 rings (SSSR count). The summed E-state index contributed by atoms with van der Waals surface area (Å²) in [6, 6.07) is 4.48. The fourth-order valence-electron chi connectivity index (χ4n) is 1.63. The van der Waals surface area contributed by atoms with Gasteiger partial charge in [-0.1, -0.05) is 35.8 Å². The van der Waals surface area contributed by atoms with Crippen molar-refractivity contribution in [3.63, 3.8) is 0 Å². The van der Waals surface area contributed by atoms with E-state index in [2.05, 4.69) is 12.6 Å². The number of rotatable bonds is 9. The highest BCUT2D eigenvalue weighted by molar-refractivity contribution is 7.96. The van der Waals surface area contributed by atoms with Crippen LogP contribution in [0.3, 0.4) is 0 Å². The van der Waals surface area contributed by atoms with Gasteiger partial charge in [-0.15, -0.1) is 0 Å². The van der Waals surface area contributed by atoms with Crippen molar-refractivity contribution in [2.75, 3.05) is 13.2 Å². The van der Waals surface area contributed by atoms with E-state index in [0.29, 0.717) is 5.02 Å². The van der Waals surface area contributed by atoms with Gasteiger partial charge in [0.15, 0.2) is 6.61 Å². The fourth-order valence-corrected chi connectivity index (χ4v) is 2.21. The third-order valence-corrected chi connectivity index (χ3v) is 3.26. The Morgan fingerprint density at radius 3 is 2.48 bits per heavy atom. The van der Waals surface area contributed by atoms with E-state index < -0.39 is 30.1 Å². The van der Waals surface area contributed by atoms with Gasteiger partial charge in [-0.2, -0.15) is 0 Å². The average Bonchev–Trinajstić information content (AvgIpc) is 2.51. The highest BCUT2D eigenvalue weighted by Gasteiger charge is 2.20. The number of halogens is 2. The van der Waals surface area contributed by atoms with Crippen molar-refractivity contribution in [2.45, 2.75) is 26.1 Å². The maximum absolute atomic E-state index is 11.8. The van der Waals surface area contributed by atoms with Crippen molar-refractivity contribution < 1.29 is 33.3 Å². The molecule has 0 aliphatic heterocycles. The lowest BCUT2D eigenvalue weighted by Gasteiger charge is -2.17. The Morgan fingerprint density at radius 1 is 1.16 bits per heavy atom. The maximum Gasteiger partial charge on any atom is 0.367 e. The second-order valence-electron chi connectivity index (χ2n) is 4.51. The summed E-state index contributed by atoms with van der Waals surface area (Å²) < 4.78 is 19.6. The van der Waals surface area contributed by atoms with Crippen LogP contribution in [-0.2, 0) is 23.8 Å². The number of esters is 2. The van der Waals surface area contributed by atoms with Crippen LogP contribution in [0.1, 0.15) is 19.8 Å². The van der Waals surface area contributed by atoms with Gasteiger partial charge in [0.05, 0.1) is 18.1 Å². The molecular formula is C15H16Cl2O7S. The molecular weight excluding hydrogens is 395 g/mol. The first kappa shape index (κ1) is 21.4. The number of benzene rings is 1. The number of carbonyl (C=O) groups is 3. The third kappa shape index (κ3) is 8.85. The molecule has 0 bridgehead atoms. The monoisotopic (exact) mass is 410 g/mol. The van der Waals surface area contributed by atoms with Gasteiger partial charge in [-0.25, -0.2) is 9.59 Å². The Morgan fingerprint density at radius 2 is 1.88 bits per heavy atom. The molecule has 25 heavy (non-hydrogen) atoms. The van der Waals surface area contributed by atoms with Crippen molar-refractivity contribution in [1.82, 2.24) is 0 Å². The van der Waals surface area contributed by atoms with E-state index in [-0.39, 0.29) is 30.2 Å². The van der Waals surface area contributed by atoms with E-state index in [1.165, 1.54) is 12.1 Å². The maximum atomic E-state index is 11.8. The Hall–Kier alpha value is -1.64. The van der Waals surface area contributed by atoms with Crippen LogP contribution in [0.4, 0.5) is 4.79 Å². The summed E-state index contributed by atoms with van der Waals surface area (Å²) in [7, 11) is 0. The number of hydrogen-bond donors (Lipinski definition) is 1. The molecule has 1 aromatic rings. The smallest absolute Gasteiger partial charge is 0.367 e. The van der Waals surface area contributed by atoms with Crippen molar-refractivity contribution in [3.05, 3.63) is 28.2 Å². The lowest BCUT2D eigenvalue weighted by molar-refractivity contribution is -0.171. The van der Waals surface area contributed by atoms with Crippen molar-refractivity contribution >= 4 is 53.1 Å². The summed E-state index contributed by atoms with van der Waals surface area (Å²) in [5.74, 6) is -1.10. The minimum absolute atomic E-state index is 0.0709. The molecule has 7 nitrogen and oxygen atoms in total. The van der Waals surface area contributed by atoms with Crippen LogP contribution in [0.25, 0.3) is 0 Å². The van der Waals surface area contributed by atoms with E-state index in [1.807, 2.05) is 0 Å². The second-order valence-corrected chi connectivity index (χ2v) is 5.72. The predicted octanol–water partition coefficient (Wildman–Crippen LogP) is 3.65. The second kappa shape index (κ2) is 11.1. The van der Waals surface area contributed by atoms with Gasteiger partial charge in [0.2, 0.25) is 6.29 Å². The number of thiol groups is 1. The van der Waals surface area contributed by atoms with E-state index in [0.717, 1.165) is 0 Å². The number of hydrogen-bond acceptors (Lipinski definition) is 7. The van der Waals surface area contributed by atoms with Crippen LogP contribution in [0.15, 0.2) is 18.2 Å². The van der Waals surface area contributed by atoms with Gasteiger partial charge in [0.25, 0.3) is 0 Å². The summed E-state index contributed by atoms with van der Waals surface area (Å²) in [6.07, 6.45) is -1.46. The summed E-state index contributed by atoms with van der Waals surface area (Å²) in [5, 5.41) is -0.316. The van der Waals surface area contributed by atoms with Crippen LogP contribution in [0.5, 0.6) is 5.75 Å². The molecule has 0 saturated carbocycles. The fraction of sp³-hybridized carbons (Fsp3) is 0.400. The summed E-state index contributed by atoms with van der Waals surface area (Å²) >= 11 is 15.1. The first-order valence-corrected chi connectivity index (χ1v) is 8.34. The number of carbonyl (C=O) groups excluding carboxylic acids is 3. The zero-order chi connectivity index (χ0) is 18.8. The van der Waals surface area contributed by atoms with Gasteiger partial charge in [-0.05, 0) is 25.1 Å². The zero-order valence-corrected chi connectivity index (χ0v) is 15.6. The topological polar surface area (TPSA) is 88.1 Å². The minimum atomic E-state index is -1.29. The van der Waals surface area contributed by atoms with Crippen LogP contribution < -0.4 is 4.74 Å². The Labute approximate surface area is 159 Å². The highest BCUT2D eigenvalue weighted by Crippen LogP contribution is 2.27. The molecule has 0 saturated heterocycles. The molecule has 0 fully saturated rings. The molecule has 0 aromatic heterocycles. The molecule has 0 amide bonds. The quantitative estimate of drug-likeness (QED) is 0.377. The lowest BCUT2D eigenvalue weighted by atomic mass is 10.3. The third-order valence-electron chi connectivity index (χ3n) is 2.62. The minimum Gasteiger partial charge on any atom is -0.480 e. The van der Waals surface area contributed by atoms with Crippen molar-refractivity contribution in [2.24, 2.45) is 0 Å². The standard InChI is InChI=1S/C15H16Cl2O7S/c1-2-21-12(18)5-6-14(24-15(20)25)23-13(19)8-22-11-4-3-9(16)7-10(11)17/h3-4,7,14H,2,5-6,8H2,1H3,(H,20,25). The Balaban J connectivity index is 2.52. The van der Waals surface area contributed by atoms with Gasteiger partial charge >= 0.3 is 17.2 Å². The van der Waals surface area contributed by atoms with Gasteiger partial charge in [0.1, 0.15) is 5.75 Å². The number of ether oxygens (including phenoxy) is 4. The van der Waals surface area contributed by atoms with Crippen molar-refractivity contribution in [3.8, 4) is 5.75 Å². The van der Waals surface area contributed by atoms with Crippen LogP contribution in [0.2, 0.25) is 10.0 Å². The summed E-state index contributed by atoms with van der Waals surface area (Å²) in [6.45, 7) is 1.38. The molecule has 10 heteroatoms. The van der Waals surface area contributed by atoms with E-state index in [4.69, 9.17) is 42.1 Å². The van der Waals surface area contributed by atoms with Gasteiger partial charge in [-0.3, -0.25) is 4.79 Å². The molecule has 1 atom stereocenters. The molecule has 138 valence electrons. The Bertz CT molecular complexity index is 624. The van der Waals surface area contributed by atoms with Crippen LogP contribution in [-0.4, -0.2) is 36.7 Å². The van der Waals surface area contributed by atoms with Gasteiger partial charge in [0, 0.05) is 11.4 Å². The van der Waals surface area contributed by atoms with E-state index in [1.54, 1.807) is 13.0 Å². The van der Waals surface area contributed by atoms with Crippen molar-refractivity contribution in [1.29, 1.82) is 0 Å². The lowest BCUT2D eigenvalue weighted by Crippen LogP contribution is -2.27. The molecule has 1 aromatic carbocycles. The first-order chi connectivity index (χ1) is 11.8. The molecule has 0 aliphatic carbocycles. The van der Waals surface area contributed by atoms with Gasteiger partial charge < -0.3 is 18.9 Å². The molecule has 0 N–H and O–H groups in total. The predicted molar refractivity (Wildman–Crippen MR) is 93.2 cm³/mol. The summed E-state index contributed by atoms with van der Waals surface area (Å²) in [5.41, 5.74) is 0. The molecule has 0 radical (unpaired) electrons. The van der Waals surface area contributed by atoms with E-state index >= 15 is 0 Å². The first-order valence-electron chi connectivity index (χ1n) is 7.14. The molecule has 0 heterocycles. The average molecular weight is 411 g/mol. The zero-order valence-electron chi connectivity index (χ0n) is 13.2. The summed E-state index contributed by atoms with van der Waals surface area (Å²) in [4.78, 5) is 34.1. The SMILES string of the molecule is CCOC(=O)CCC(OC(=O)S)OC(=O)COc1ccc(Cl)cc1Cl. The largest absolute Gasteiger partial charge is 0.480 e. The normalized spacial score (nSPS) is 11.4. The van der Waals surface area contributed by atoms with Crippen LogP contribution in [0, 0.1) is 0 Å². The molecule has 1 unspecified atom stereocenters. The Kier molecular flexibility index (Phi) is 9.48. The molecule has 0 aliphatic rings. The molecule has 0 spiro atoms.